The third-order valence-electron chi connectivity index (χ3n) is 2.56. The summed E-state index contributed by atoms with van der Waals surface area (Å²) in [6.07, 6.45) is 3.29. The minimum absolute atomic E-state index is 0.224. The molecule has 2 aromatic rings. The lowest BCUT2D eigenvalue weighted by Crippen LogP contribution is -2.20. The third-order valence-corrected chi connectivity index (χ3v) is 2.56. The van der Waals surface area contributed by atoms with Crippen LogP contribution >= 0.6 is 0 Å². The zero-order valence-corrected chi connectivity index (χ0v) is 9.99. The maximum atomic E-state index is 13.7. The van der Waals surface area contributed by atoms with E-state index in [1.54, 1.807) is 17.1 Å². The molecule has 0 aliphatic rings. The van der Waals surface area contributed by atoms with Crippen LogP contribution in [0.4, 0.5) is 10.1 Å². The van der Waals surface area contributed by atoms with Gasteiger partial charge in [-0.1, -0.05) is 17.3 Å². The van der Waals surface area contributed by atoms with Gasteiger partial charge < -0.3 is 5.32 Å². The van der Waals surface area contributed by atoms with Crippen molar-refractivity contribution in [1.29, 1.82) is 0 Å². The number of nitro benzene ring substituents is 1. The molecule has 1 aromatic carbocycles. The highest BCUT2D eigenvalue weighted by atomic mass is 19.1. The number of benzene rings is 1. The average molecular weight is 265 g/mol. The normalized spacial score (nSPS) is 10.6. The Bertz CT molecular complexity index is 558. The SMILES string of the molecule is O=[N+]([O-])c1cccc(CNCCn2ccnn2)c1F. The van der Waals surface area contributed by atoms with Crippen molar-refractivity contribution in [3.8, 4) is 0 Å². The van der Waals surface area contributed by atoms with E-state index in [2.05, 4.69) is 15.6 Å². The summed E-state index contributed by atoms with van der Waals surface area (Å²) >= 11 is 0. The fourth-order valence-electron chi connectivity index (χ4n) is 1.61. The first-order chi connectivity index (χ1) is 9.18. The molecule has 7 nitrogen and oxygen atoms in total. The van der Waals surface area contributed by atoms with Gasteiger partial charge in [0.05, 0.1) is 17.7 Å². The van der Waals surface area contributed by atoms with Crippen LogP contribution in [0.3, 0.4) is 0 Å². The van der Waals surface area contributed by atoms with E-state index in [-0.39, 0.29) is 12.1 Å². The van der Waals surface area contributed by atoms with Crippen molar-refractivity contribution in [1.82, 2.24) is 20.3 Å². The van der Waals surface area contributed by atoms with Gasteiger partial charge in [-0.25, -0.2) is 0 Å². The maximum Gasteiger partial charge on any atom is 0.305 e. The van der Waals surface area contributed by atoms with Gasteiger partial charge in [-0.15, -0.1) is 5.10 Å². The van der Waals surface area contributed by atoms with Crippen molar-refractivity contribution in [2.45, 2.75) is 13.1 Å². The largest absolute Gasteiger partial charge is 0.311 e. The van der Waals surface area contributed by atoms with E-state index in [1.807, 2.05) is 0 Å². The Kier molecular flexibility index (Phi) is 4.14. The zero-order chi connectivity index (χ0) is 13.7. The molecule has 0 bridgehead atoms. The van der Waals surface area contributed by atoms with Crippen molar-refractivity contribution in [2.24, 2.45) is 0 Å². The molecule has 2 rings (SSSR count). The summed E-state index contributed by atoms with van der Waals surface area (Å²) in [5.74, 6) is -0.791. The smallest absolute Gasteiger partial charge is 0.305 e. The fraction of sp³-hybridized carbons (Fsp3) is 0.273. The summed E-state index contributed by atoms with van der Waals surface area (Å²) < 4.78 is 15.4. The molecule has 0 spiro atoms. The van der Waals surface area contributed by atoms with E-state index in [1.165, 1.54) is 12.1 Å². The quantitative estimate of drug-likeness (QED) is 0.480. The van der Waals surface area contributed by atoms with Gasteiger partial charge in [-0.05, 0) is 0 Å². The number of rotatable bonds is 6. The number of halogens is 1. The second kappa shape index (κ2) is 6.01. The van der Waals surface area contributed by atoms with Crippen LogP contribution in [0.2, 0.25) is 0 Å². The highest BCUT2D eigenvalue weighted by molar-refractivity contribution is 5.36. The van der Waals surface area contributed by atoms with E-state index in [4.69, 9.17) is 0 Å². The van der Waals surface area contributed by atoms with Crippen LogP contribution in [0.25, 0.3) is 0 Å². The first-order valence-electron chi connectivity index (χ1n) is 5.65. The lowest BCUT2D eigenvalue weighted by molar-refractivity contribution is -0.387. The molecule has 0 unspecified atom stereocenters. The molecule has 0 atom stereocenters. The predicted octanol–water partition coefficient (Wildman–Crippen LogP) is 1.12. The molecule has 0 saturated heterocycles. The molecule has 0 aliphatic carbocycles. The van der Waals surface area contributed by atoms with Crippen LogP contribution in [-0.2, 0) is 13.1 Å². The summed E-state index contributed by atoms with van der Waals surface area (Å²) in [6.45, 7) is 1.38. The van der Waals surface area contributed by atoms with Crippen LogP contribution in [-0.4, -0.2) is 26.5 Å². The minimum Gasteiger partial charge on any atom is -0.311 e. The monoisotopic (exact) mass is 265 g/mol. The molecule has 1 aromatic heterocycles. The van der Waals surface area contributed by atoms with Crippen molar-refractivity contribution in [3.63, 3.8) is 0 Å². The Labute approximate surface area is 108 Å². The van der Waals surface area contributed by atoms with Gasteiger partial charge in [0.1, 0.15) is 0 Å². The Morgan fingerprint density at radius 1 is 1.47 bits per heavy atom. The second-order valence-corrected chi connectivity index (χ2v) is 3.85. The Morgan fingerprint density at radius 2 is 2.32 bits per heavy atom. The summed E-state index contributed by atoms with van der Waals surface area (Å²) in [5, 5.41) is 21.0. The third kappa shape index (κ3) is 3.32. The van der Waals surface area contributed by atoms with Gasteiger partial charge in [0.2, 0.25) is 5.82 Å². The van der Waals surface area contributed by atoms with E-state index in [0.29, 0.717) is 13.1 Å². The number of aromatic nitrogens is 3. The maximum absolute atomic E-state index is 13.7. The highest BCUT2D eigenvalue weighted by Crippen LogP contribution is 2.19. The number of hydrogen-bond donors (Lipinski definition) is 1. The molecule has 19 heavy (non-hydrogen) atoms. The fourth-order valence-corrected chi connectivity index (χ4v) is 1.61. The van der Waals surface area contributed by atoms with E-state index in [9.17, 15) is 14.5 Å². The number of hydrogen-bond acceptors (Lipinski definition) is 5. The van der Waals surface area contributed by atoms with E-state index in [0.717, 1.165) is 6.07 Å². The summed E-state index contributed by atoms with van der Waals surface area (Å²) in [7, 11) is 0. The molecule has 1 heterocycles. The summed E-state index contributed by atoms with van der Waals surface area (Å²) in [4.78, 5) is 9.86. The van der Waals surface area contributed by atoms with Gasteiger partial charge in [0.25, 0.3) is 0 Å². The van der Waals surface area contributed by atoms with Gasteiger partial charge in [-0.3, -0.25) is 14.8 Å². The lowest BCUT2D eigenvalue weighted by Gasteiger charge is -2.06. The molecule has 0 saturated carbocycles. The van der Waals surface area contributed by atoms with Crippen LogP contribution in [0.5, 0.6) is 0 Å². The molecule has 1 N–H and O–H groups in total. The number of nitrogens with zero attached hydrogens (tertiary/aromatic N) is 4. The predicted molar refractivity (Wildman–Crippen MR) is 64.8 cm³/mol. The van der Waals surface area contributed by atoms with Gasteiger partial charge in [0.15, 0.2) is 0 Å². The molecule has 0 fully saturated rings. The number of nitro groups is 1. The molecule has 0 aliphatic heterocycles. The average Bonchev–Trinajstić information content (AvgIpc) is 2.89. The van der Waals surface area contributed by atoms with Crippen molar-refractivity contribution in [3.05, 3.63) is 52.1 Å². The Morgan fingerprint density at radius 3 is 3.00 bits per heavy atom. The minimum atomic E-state index is -0.791. The highest BCUT2D eigenvalue weighted by Gasteiger charge is 2.16. The second-order valence-electron chi connectivity index (χ2n) is 3.85. The van der Waals surface area contributed by atoms with E-state index >= 15 is 0 Å². The molecule has 8 heteroatoms. The van der Waals surface area contributed by atoms with Crippen LogP contribution in [0, 0.1) is 15.9 Å². The Balaban J connectivity index is 1.89. The van der Waals surface area contributed by atoms with Crippen molar-refractivity contribution in [2.75, 3.05) is 6.54 Å². The topological polar surface area (TPSA) is 85.9 Å². The van der Waals surface area contributed by atoms with Gasteiger partial charge in [0, 0.05) is 30.9 Å². The van der Waals surface area contributed by atoms with Crippen molar-refractivity contribution >= 4 is 5.69 Å². The molecule has 0 radical (unpaired) electrons. The first kappa shape index (κ1) is 13.1. The summed E-state index contributed by atoms with van der Waals surface area (Å²) in [6, 6.07) is 4.13. The molecule has 0 amide bonds. The molecule has 100 valence electrons. The Hall–Kier alpha value is -2.35. The van der Waals surface area contributed by atoms with Crippen LogP contribution in [0.15, 0.2) is 30.6 Å². The molecular formula is C11H12FN5O2. The standard InChI is InChI=1S/C11H12FN5O2/c12-11-9(2-1-3-10(11)17(18)19)8-13-4-6-16-7-5-14-15-16/h1-3,5,7,13H,4,6,8H2. The van der Waals surface area contributed by atoms with Crippen LogP contribution < -0.4 is 5.32 Å². The van der Waals surface area contributed by atoms with Crippen molar-refractivity contribution < 1.29 is 9.31 Å². The first-order valence-corrected chi connectivity index (χ1v) is 5.65. The molecular weight excluding hydrogens is 253 g/mol. The number of nitrogens with one attached hydrogen (secondary N) is 1. The lowest BCUT2D eigenvalue weighted by atomic mass is 10.2. The van der Waals surface area contributed by atoms with E-state index < -0.39 is 16.4 Å². The summed E-state index contributed by atoms with van der Waals surface area (Å²) in [5.41, 5.74) is -0.233. The zero-order valence-electron chi connectivity index (χ0n) is 9.99. The van der Waals surface area contributed by atoms with Gasteiger partial charge >= 0.3 is 5.69 Å². The van der Waals surface area contributed by atoms with Crippen LogP contribution in [0.1, 0.15) is 5.56 Å². The van der Waals surface area contributed by atoms with Gasteiger partial charge in [-0.2, -0.15) is 4.39 Å².